The molecule has 3 heterocycles. The van der Waals surface area contributed by atoms with Crippen molar-refractivity contribution in [3.05, 3.63) is 29.8 Å². The monoisotopic (exact) mass is 378 g/mol. The lowest BCUT2D eigenvalue weighted by Crippen LogP contribution is -2.45. The van der Waals surface area contributed by atoms with Crippen molar-refractivity contribution in [3.63, 3.8) is 0 Å². The van der Waals surface area contributed by atoms with Gasteiger partial charge >= 0.3 is 0 Å². The van der Waals surface area contributed by atoms with Crippen molar-refractivity contribution in [3.8, 4) is 11.4 Å². The SMILES string of the molecule is CCn1nccc1-c1cc(C2CCCN(S(=O)(=O)N(C)C)C2)nc(C)n1. The van der Waals surface area contributed by atoms with Gasteiger partial charge in [-0.2, -0.15) is 22.1 Å². The Morgan fingerprint density at radius 1 is 1.31 bits per heavy atom. The van der Waals surface area contributed by atoms with Gasteiger partial charge in [0.05, 0.1) is 11.4 Å². The summed E-state index contributed by atoms with van der Waals surface area (Å²) in [5.74, 6) is 0.755. The Labute approximate surface area is 155 Å². The molecule has 1 fully saturated rings. The van der Waals surface area contributed by atoms with E-state index in [1.165, 1.54) is 4.31 Å². The number of aryl methyl sites for hydroxylation is 2. The third kappa shape index (κ3) is 3.65. The summed E-state index contributed by atoms with van der Waals surface area (Å²) >= 11 is 0. The quantitative estimate of drug-likeness (QED) is 0.790. The van der Waals surface area contributed by atoms with E-state index in [-0.39, 0.29) is 5.92 Å². The van der Waals surface area contributed by atoms with Gasteiger partial charge in [0.2, 0.25) is 0 Å². The minimum absolute atomic E-state index is 0.0666. The highest BCUT2D eigenvalue weighted by molar-refractivity contribution is 7.86. The minimum Gasteiger partial charge on any atom is -0.264 e. The molecule has 1 unspecified atom stereocenters. The van der Waals surface area contributed by atoms with Crippen LogP contribution in [-0.2, 0) is 16.8 Å². The van der Waals surface area contributed by atoms with E-state index in [0.717, 1.165) is 36.5 Å². The molecule has 26 heavy (non-hydrogen) atoms. The van der Waals surface area contributed by atoms with E-state index in [1.807, 2.05) is 30.7 Å². The van der Waals surface area contributed by atoms with E-state index in [0.29, 0.717) is 18.9 Å². The average Bonchev–Trinajstić information content (AvgIpc) is 3.10. The summed E-state index contributed by atoms with van der Waals surface area (Å²) in [5.41, 5.74) is 2.68. The molecule has 2 aromatic rings. The van der Waals surface area contributed by atoms with Crippen LogP contribution in [-0.4, -0.2) is 64.0 Å². The summed E-state index contributed by atoms with van der Waals surface area (Å²) in [6, 6.07) is 3.92. The first-order chi connectivity index (χ1) is 12.3. The van der Waals surface area contributed by atoms with E-state index in [4.69, 9.17) is 0 Å². The van der Waals surface area contributed by atoms with Crippen molar-refractivity contribution >= 4 is 10.2 Å². The first-order valence-electron chi connectivity index (χ1n) is 8.88. The smallest absolute Gasteiger partial charge is 0.264 e. The number of aromatic nitrogens is 4. The zero-order chi connectivity index (χ0) is 18.9. The summed E-state index contributed by atoms with van der Waals surface area (Å²) in [6.45, 7) is 5.67. The second-order valence-corrected chi connectivity index (χ2v) is 8.89. The van der Waals surface area contributed by atoms with Crippen LogP contribution in [0.15, 0.2) is 18.3 Å². The third-order valence-corrected chi connectivity index (χ3v) is 6.63. The molecule has 0 amide bonds. The molecule has 1 aliphatic heterocycles. The molecule has 3 rings (SSSR count). The van der Waals surface area contributed by atoms with E-state index in [2.05, 4.69) is 15.1 Å². The van der Waals surface area contributed by atoms with Crippen LogP contribution in [0.4, 0.5) is 0 Å². The summed E-state index contributed by atoms with van der Waals surface area (Å²) in [5, 5.41) is 4.31. The van der Waals surface area contributed by atoms with Crippen molar-refractivity contribution in [1.82, 2.24) is 28.4 Å². The Balaban J connectivity index is 1.92. The fourth-order valence-corrected chi connectivity index (χ4v) is 4.55. The van der Waals surface area contributed by atoms with E-state index < -0.39 is 10.2 Å². The van der Waals surface area contributed by atoms with Gasteiger partial charge in [0, 0.05) is 51.5 Å². The van der Waals surface area contributed by atoms with Gasteiger partial charge in [0.25, 0.3) is 10.2 Å². The van der Waals surface area contributed by atoms with Crippen LogP contribution in [0, 0.1) is 6.92 Å². The van der Waals surface area contributed by atoms with E-state index >= 15 is 0 Å². The Bertz CT molecular complexity index is 877. The third-order valence-electron chi connectivity index (χ3n) is 4.73. The maximum absolute atomic E-state index is 12.5. The Kier molecular flexibility index (Phi) is 5.40. The normalized spacial score (nSPS) is 19.2. The summed E-state index contributed by atoms with van der Waals surface area (Å²) in [6.07, 6.45) is 3.51. The average molecular weight is 379 g/mol. The van der Waals surface area contributed by atoms with Gasteiger partial charge in [0.15, 0.2) is 0 Å². The van der Waals surface area contributed by atoms with Crippen molar-refractivity contribution in [2.75, 3.05) is 27.2 Å². The molecule has 2 aromatic heterocycles. The molecule has 1 atom stereocenters. The predicted octanol–water partition coefficient (Wildman–Crippen LogP) is 1.65. The number of piperidine rings is 1. The Hall–Kier alpha value is -1.84. The van der Waals surface area contributed by atoms with Crippen LogP contribution in [0.3, 0.4) is 0 Å². The van der Waals surface area contributed by atoms with Gasteiger partial charge in [-0.25, -0.2) is 9.97 Å². The first kappa shape index (κ1) is 18.9. The standard InChI is InChI=1S/C17H26N6O2S/c1-5-23-17(8-9-18-23)16-11-15(19-13(2)20-16)14-7-6-10-22(12-14)26(24,25)21(3)4/h8-9,11,14H,5-7,10,12H2,1-4H3. The fraction of sp³-hybridized carbons (Fsp3) is 0.588. The topological polar surface area (TPSA) is 84.2 Å². The molecule has 1 saturated heterocycles. The molecule has 0 bridgehead atoms. The lowest BCUT2D eigenvalue weighted by atomic mass is 9.95. The number of hydrogen-bond donors (Lipinski definition) is 0. The minimum atomic E-state index is -3.41. The second-order valence-electron chi connectivity index (χ2n) is 6.74. The van der Waals surface area contributed by atoms with Crippen molar-refractivity contribution in [2.24, 2.45) is 0 Å². The van der Waals surface area contributed by atoms with Crippen LogP contribution in [0.2, 0.25) is 0 Å². The zero-order valence-electron chi connectivity index (χ0n) is 15.8. The highest BCUT2D eigenvalue weighted by Gasteiger charge is 2.32. The van der Waals surface area contributed by atoms with Crippen LogP contribution in [0.5, 0.6) is 0 Å². The largest absolute Gasteiger partial charge is 0.281 e. The molecule has 9 heteroatoms. The molecule has 0 radical (unpaired) electrons. The molecular formula is C17H26N6O2S. The first-order valence-corrected chi connectivity index (χ1v) is 10.3. The van der Waals surface area contributed by atoms with Crippen molar-refractivity contribution < 1.29 is 8.42 Å². The highest BCUT2D eigenvalue weighted by Crippen LogP contribution is 2.29. The van der Waals surface area contributed by atoms with E-state index in [1.54, 1.807) is 24.6 Å². The predicted molar refractivity (Wildman–Crippen MR) is 99.8 cm³/mol. The van der Waals surface area contributed by atoms with Gasteiger partial charge < -0.3 is 0 Å². The van der Waals surface area contributed by atoms with Gasteiger partial charge in [-0.05, 0) is 38.8 Å². The number of hydrogen-bond acceptors (Lipinski definition) is 5. The summed E-state index contributed by atoms with van der Waals surface area (Å²) in [7, 11) is -0.271. The molecular weight excluding hydrogens is 352 g/mol. The molecule has 142 valence electrons. The van der Waals surface area contributed by atoms with Gasteiger partial charge in [-0.15, -0.1) is 0 Å². The summed E-state index contributed by atoms with van der Waals surface area (Å²) < 4.78 is 29.7. The van der Waals surface area contributed by atoms with Crippen LogP contribution in [0.25, 0.3) is 11.4 Å². The van der Waals surface area contributed by atoms with Crippen molar-refractivity contribution in [1.29, 1.82) is 0 Å². The van der Waals surface area contributed by atoms with Crippen LogP contribution >= 0.6 is 0 Å². The lowest BCUT2D eigenvalue weighted by Gasteiger charge is -2.33. The van der Waals surface area contributed by atoms with Crippen LogP contribution < -0.4 is 0 Å². The lowest BCUT2D eigenvalue weighted by molar-refractivity contribution is 0.296. The number of rotatable bonds is 5. The van der Waals surface area contributed by atoms with Gasteiger partial charge in [-0.1, -0.05) is 0 Å². The zero-order valence-corrected chi connectivity index (χ0v) is 16.6. The fourth-order valence-electron chi connectivity index (χ4n) is 3.36. The van der Waals surface area contributed by atoms with E-state index in [9.17, 15) is 8.42 Å². The molecule has 0 aromatic carbocycles. The maximum atomic E-state index is 12.5. The number of nitrogens with zero attached hydrogens (tertiary/aromatic N) is 6. The van der Waals surface area contributed by atoms with Gasteiger partial charge in [-0.3, -0.25) is 4.68 Å². The Morgan fingerprint density at radius 3 is 2.77 bits per heavy atom. The van der Waals surface area contributed by atoms with Gasteiger partial charge in [0.1, 0.15) is 5.82 Å². The maximum Gasteiger partial charge on any atom is 0.281 e. The molecule has 1 aliphatic rings. The molecule has 0 aliphatic carbocycles. The highest BCUT2D eigenvalue weighted by atomic mass is 32.2. The summed E-state index contributed by atoms with van der Waals surface area (Å²) in [4.78, 5) is 9.17. The Morgan fingerprint density at radius 2 is 2.08 bits per heavy atom. The van der Waals surface area contributed by atoms with Crippen LogP contribution in [0.1, 0.15) is 37.2 Å². The van der Waals surface area contributed by atoms with Crippen molar-refractivity contribution in [2.45, 2.75) is 39.2 Å². The molecule has 0 N–H and O–H groups in total. The molecule has 8 nitrogen and oxygen atoms in total. The molecule has 0 saturated carbocycles. The molecule has 0 spiro atoms. The second kappa shape index (κ2) is 7.42.